The first-order valence-corrected chi connectivity index (χ1v) is 12.3. The molecule has 0 fully saturated rings. The van der Waals surface area contributed by atoms with E-state index in [0.29, 0.717) is 11.3 Å². The van der Waals surface area contributed by atoms with Gasteiger partial charge in [0.2, 0.25) is 5.82 Å². The molecule has 10 heteroatoms. The van der Waals surface area contributed by atoms with E-state index in [0.717, 1.165) is 11.6 Å². The van der Waals surface area contributed by atoms with Gasteiger partial charge in [-0.2, -0.15) is 4.39 Å². The van der Waals surface area contributed by atoms with Gasteiger partial charge in [0.15, 0.2) is 5.82 Å². The first-order valence-electron chi connectivity index (χ1n) is 12.3. The van der Waals surface area contributed by atoms with Gasteiger partial charge in [0.1, 0.15) is 17.1 Å². The lowest BCUT2D eigenvalue weighted by Gasteiger charge is -2.21. The zero-order valence-electron chi connectivity index (χ0n) is 22.0. The zero-order chi connectivity index (χ0) is 28.9. The summed E-state index contributed by atoms with van der Waals surface area (Å²) in [5.41, 5.74) is 0.266. The van der Waals surface area contributed by atoms with Crippen molar-refractivity contribution >= 4 is 23.6 Å². The molecule has 0 aliphatic carbocycles. The van der Waals surface area contributed by atoms with Crippen molar-refractivity contribution in [3.05, 3.63) is 123 Å². The summed E-state index contributed by atoms with van der Waals surface area (Å²) < 4.78 is 34.0. The Bertz CT molecular complexity index is 1570. The smallest absolute Gasteiger partial charge is 0.355 e. The van der Waals surface area contributed by atoms with E-state index in [1.54, 1.807) is 20.8 Å². The molecule has 0 radical (unpaired) electrons. The Morgan fingerprint density at radius 3 is 2.38 bits per heavy atom. The van der Waals surface area contributed by atoms with Crippen LogP contribution < -0.4 is 5.32 Å². The molecule has 0 spiro atoms. The molecule has 204 valence electrons. The normalized spacial score (nSPS) is 11.7. The fourth-order valence-electron chi connectivity index (χ4n) is 3.77. The number of esters is 1. The third-order valence-corrected chi connectivity index (χ3v) is 5.56. The Balaban J connectivity index is 1.80. The van der Waals surface area contributed by atoms with Crippen molar-refractivity contribution in [3.63, 3.8) is 0 Å². The predicted octanol–water partition coefficient (Wildman–Crippen LogP) is 6.72. The van der Waals surface area contributed by atoms with Crippen LogP contribution in [0, 0.1) is 21.7 Å². The maximum atomic E-state index is 15.0. The number of benzene rings is 3. The van der Waals surface area contributed by atoms with Gasteiger partial charge in [-0.1, -0.05) is 48.5 Å². The van der Waals surface area contributed by atoms with Gasteiger partial charge in [-0.25, -0.2) is 19.2 Å². The van der Waals surface area contributed by atoms with Gasteiger partial charge < -0.3 is 10.1 Å². The van der Waals surface area contributed by atoms with E-state index in [9.17, 15) is 23.7 Å². The van der Waals surface area contributed by atoms with E-state index in [1.807, 2.05) is 30.3 Å². The van der Waals surface area contributed by atoms with Crippen molar-refractivity contribution in [3.8, 4) is 11.3 Å². The molecular weight excluding hydrogens is 518 g/mol. The summed E-state index contributed by atoms with van der Waals surface area (Å²) in [5, 5.41) is 14.3. The number of nitro groups is 1. The Labute approximate surface area is 229 Å². The van der Waals surface area contributed by atoms with Crippen LogP contribution >= 0.6 is 0 Å². The lowest BCUT2D eigenvalue weighted by atomic mass is 10.1. The molecule has 0 saturated heterocycles. The van der Waals surface area contributed by atoms with Crippen molar-refractivity contribution in [2.75, 3.05) is 5.32 Å². The summed E-state index contributed by atoms with van der Waals surface area (Å²) >= 11 is 0. The highest BCUT2D eigenvalue weighted by Gasteiger charge is 2.24. The van der Waals surface area contributed by atoms with Crippen LogP contribution in [0.5, 0.6) is 0 Å². The van der Waals surface area contributed by atoms with Crippen LogP contribution in [-0.2, 0) is 16.0 Å². The van der Waals surface area contributed by atoms with Gasteiger partial charge in [-0.15, -0.1) is 0 Å². The molecule has 3 aromatic carbocycles. The van der Waals surface area contributed by atoms with E-state index in [-0.39, 0.29) is 29.2 Å². The first kappa shape index (κ1) is 28.0. The molecule has 4 aromatic rings. The number of nitrogens with zero attached hydrogens (tertiary/aromatic N) is 3. The van der Waals surface area contributed by atoms with E-state index in [2.05, 4.69) is 15.3 Å². The summed E-state index contributed by atoms with van der Waals surface area (Å²) in [6.45, 7) is 5.18. The highest BCUT2D eigenvalue weighted by Crippen LogP contribution is 2.29. The molecule has 8 nitrogen and oxygen atoms in total. The van der Waals surface area contributed by atoms with Crippen LogP contribution in [0.2, 0.25) is 0 Å². The number of rotatable bonds is 8. The molecule has 1 aromatic heterocycles. The highest BCUT2D eigenvalue weighted by molar-refractivity contribution is 5.97. The lowest BCUT2D eigenvalue weighted by molar-refractivity contribution is -0.387. The number of carbonyl (C=O) groups is 1. The fourth-order valence-corrected chi connectivity index (χ4v) is 3.77. The maximum Gasteiger partial charge on any atom is 0.355 e. The van der Waals surface area contributed by atoms with Crippen LogP contribution in [0.25, 0.3) is 17.3 Å². The minimum Gasteiger partial charge on any atom is -0.455 e. The number of nitro benzene ring substituents is 1. The fraction of sp³-hybridized carbons (Fsp3) is 0.167. The summed E-state index contributed by atoms with van der Waals surface area (Å²) in [7, 11) is 0. The van der Waals surface area contributed by atoms with Crippen molar-refractivity contribution < 1.29 is 23.2 Å². The maximum absolute atomic E-state index is 15.0. The van der Waals surface area contributed by atoms with Crippen LogP contribution in [0.3, 0.4) is 0 Å². The molecular formula is C30H26F2N4O4. The molecule has 0 amide bonds. The Kier molecular flexibility index (Phi) is 8.28. The lowest BCUT2D eigenvalue weighted by Crippen LogP contribution is -2.27. The molecule has 0 unspecified atom stereocenters. The topological polar surface area (TPSA) is 107 Å². The van der Waals surface area contributed by atoms with Gasteiger partial charge in [-0.3, -0.25) is 10.1 Å². The number of hydrogen-bond donors (Lipinski definition) is 1. The number of aromatic nitrogens is 2. The van der Waals surface area contributed by atoms with Gasteiger partial charge in [-0.05, 0) is 56.2 Å². The van der Waals surface area contributed by atoms with Crippen LogP contribution in [-0.4, -0.2) is 26.5 Å². The standard InChI is InChI=1S/C30H26F2N4O4/c1-30(2,3)40-29(37)24(17-20-12-14-21(31)15-13-20)35-28-23(16-19-8-5-4-6-9-19)34-25(18-33-28)22-10-7-11-26(27(22)32)36(38)39/h4-15,17-18H,16H2,1-3H3,(H,33,35)/b24-17-. The Hall–Kier alpha value is -4.99. The Morgan fingerprint density at radius 1 is 1.02 bits per heavy atom. The third-order valence-electron chi connectivity index (χ3n) is 5.56. The van der Waals surface area contributed by atoms with E-state index < -0.39 is 33.8 Å². The average molecular weight is 545 g/mol. The molecule has 1 heterocycles. The largest absolute Gasteiger partial charge is 0.455 e. The van der Waals surface area contributed by atoms with Gasteiger partial charge in [0.05, 0.1) is 22.5 Å². The second-order valence-corrected chi connectivity index (χ2v) is 9.85. The van der Waals surface area contributed by atoms with Gasteiger partial charge >= 0.3 is 11.7 Å². The summed E-state index contributed by atoms with van der Waals surface area (Å²) in [6, 6.07) is 18.7. The monoisotopic (exact) mass is 544 g/mol. The van der Waals surface area contributed by atoms with E-state index >= 15 is 0 Å². The molecule has 4 rings (SSSR count). The predicted molar refractivity (Wildman–Crippen MR) is 147 cm³/mol. The number of anilines is 1. The van der Waals surface area contributed by atoms with Crippen LogP contribution in [0.15, 0.2) is 84.7 Å². The SMILES string of the molecule is CC(C)(C)OC(=O)/C(=C/c1ccc(F)cc1)Nc1ncc(-c2cccc([N+](=O)[O-])c2F)nc1Cc1ccccc1. The van der Waals surface area contributed by atoms with Crippen molar-refractivity contribution in [1.82, 2.24) is 9.97 Å². The number of carbonyl (C=O) groups excluding carboxylic acids is 1. The summed E-state index contributed by atoms with van der Waals surface area (Å²) in [4.78, 5) is 32.6. The summed E-state index contributed by atoms with van der Waals surface area (Å²) in [5.74, 6) is -1.95. The van der Waals surface area contributed by atoms with Crippen molar-refractivity contribution in [2.45, 2.75) is 32.8 Å². The number of halogens is 2. The second kappa shape index (κ2) is 11.8. The van der Waals surface area contributed by atoms with Crippen LogP contribution in [0.4, 0.5) is 20.3 Å². The van der Waals surface area contributed by atoms with Crippen molar-refractivity contribution in [1.29, 1.82) is 0 Å². The van der Waals surface area contributed by atoms with Gasteiger partial charge in [0.25, 0.3) is 0 Å². The Morgan fingerprint density at radius 2 is 1.73 bits per heavy atom. The molecule has 0 saturated carbocycles. The quantitative estimate of drug-likeness (QED) is 0.114. The molecule has 1 N–H and O–H groups in total. The zero-order valence-corrected chi connectivity index (χ0v) is 22.0. The number of ether oxygens (including phenoxy) is 1. The minimum absolute atomic E-state index is 0.0134. The molecule has 0 aliphatic heterocycles. The van der Waals surface area contributed by atoms with Crippen molar-refractivity contribution in [2.24, 2.45) is 0 Å². The van der Waals surface area contributed by atoms with E-state index in [1.165, 1.54) is 48.7 Å². The molecule has 0 atom stereocenters. The van der Waals surface area contributed by atoms with Gasteiger partial charge in [0, 0.05) is 18.1 Å². The molecule has 0 aliphatic rings. The second-order valence-electron chi connectivity index (χ2n) is 9.85. The first-order chi connectivity index (χ1) is 19.0. The van der Waals surface area contributed by atoms with Crippen LogP contribution in [0.1, 0.15) is 37.6 Å². The average Bonchev–Trinajstić information content (AvgIpc) is 2.90. The molecule has 0 bridgehead atoms. The van der Waals surface area contributed by atoms with E-state index in [4.69, 9.17) is 4.74 Å². The third kappa shape index (κ3) is 7.10. The summed E-state index contributed by atoms with van der Waals surface area (Å²) in [6.07, 6.45) is 3.01. The molecule has 40 heavy (non-hydrogen) atoms. The highest BCUT2D eigenvalue weighted by atomic mass is 19.1. The minimum atomic E-state index is -1.03. The number of hydrogen-bond acceptors (Lipinski definition) is 7. The number of nitrogens with one attached hydrogen (secondary N) is 1.